The number of carbonyl (C=O) groups excluding carboxylic acids is 1. The third-order valence-corrected chi connectivity index (χ3v) is 6.51. The maximum atomic E-state index is 14.3. The Balaban J connectivity index is 1.85. The minimum Gasteiger partial charge on any atom is -0.349 e. The van der Waals surface area contributed by atoms with Crippen LogP contribution in [0, 0.1) is 11.7 Å². The number of carbonyl (C=O) groups is 1. The lowest BCUT2D eigenvalue weighted by Gasteiger charge is -2.29. The second-order valence-electron chi connectivity index (χ2n) is 9.24. The van der Waals surface area contributed by atoms with Crippen LogP contribution in [-0.2, 0) is 6.54 Å². The second kappa shape index (κ2) is 9.78. The van der Waals surface area contributed by atoms with E-state index in [1.165, 1.54) is 31.4 Å². The van der Waals surface area contributed by atoms with Gasteiger partial charge in [0.05, 0.1) is 16.8 Å². The number of nitrogens with one attached hydrogen (secondary N) is 1. The van der Waals surface area contributed by atoms with Gasteiger partial charge in [-0.2, -0.15) is 0 Å². The lowest BCUT2D eigenvalue weighted by molar-refractivity contribution is 0.0919. The molecule has 2 aromatic carbocycles. The Morgan fingerprint density at radius 1 is 1.12 bits per heavy atom. The molecule has 1 atom stereocenters. The van der Waals surface area contributed by atoms with E-state index >= 15 is 0 Å². The molecule has 0 saturated heterocycles. The van der Waals surface area contributed by atoms with Gasteiger partial charge in [-0.3, -0.25) is 4.79 Å². The third kappa shape index (κ3) is 4.83. The van der Waals surface area contributed by atoms with Crippen molar-refractivity contribution in [3.63, 3.8) is 0 Å². The summed E-state index contributed by atoms with van der Waals surface area (Å²) in [6.45, 7) is 2.63. The van der Waals surface area contributed by atoms with E-state index < -0.39 is 0 Å². The van der Waals surface area contributed by atoms with Gasteiger partial charge in [-0.1, -0.05) is 49.6 Å². The molecule has 1 aliphatic rings. The SMILES string of the molecule is C[C@H](NC(=O)c1c(CN(C)C)c(-c2ccccc2)nc2ccc(F)cc12)C1CCCCC1. The van der Waals surface area contributed by atoms with E-state index in [-0.39, 0.29) is 17.8 Å². The molecule has 0 spiro atoms. The van der Waals surface area contributed by atoms with Gasteiger partial charge in [0.1, 0.15) is 5.82 Å². The van der Waals surface area contributed by atoms with Crippen molar-refractivity contribution >= 4 is 16.8 Å². The molecular weight excluding hydrogens is 401 g/mol. The van der Waals surface area contributed by atoms with Gasteiger partial charge >= 0.3 is 0 Å². The monoisotopic (exact) mass is 433 g/mol. The van der Waals surface area contributed by atoms with Crippen molar-refractivity contribution in [3.8, 4) is 11.3 Å². The number of halogens is 1. The predicted molar refractivity (Wildman–Crippen MR) is 128 cm³/mol. The number of hydrogen-bond donors (Lipinski definition) is 1. The van der Waals surface area contributed by atoms with Crippen LogP contribution in [0.25, 0.3) is 22.2 Å². The Hall–Kier alpha value is -2.79. The zero-order chi connectivity index (χ0) is 22.7. The summed E-state index contributed by atoms with van der Waals surface area (Å²) in [7, 11) is 3.94. The molecule has 1 aliphatic carbocycles. The Bertz CT molecular complexity index is 1090. The summed E-state index contributed by atoms with van der Waals surface area (Å²) in [6, 6.07) is 14.5. The topological polar surface area (TPSA) is 45.2 Å². The average Bonchev–Trinajstić information content (AvgIpc) is 2.79. The van der Waals surface area contributed by atoms with Gasteiger partial charge in [0, 0.05) is 29.1 Å². The van der Waals surface area contributed by atoms with Crippen LogP contribution >= 0.6 is 0 Å². The molecule has 168 valence electrons. The summed E-state index contributed by atoms with van der Waals surface area (Å²) < 4.78 is 14.3. The predicted octanol–water partition coefficient (Wildman–Crippen LogP) is 5.80. The van der Waals surface area contributed by atoms with Gasteiger partial charge in [-0.05, 0) is 58.0 Å². The summed E-state index contributed by atoms with van der Waals surface area (Å²) in [5, 5.41) is 3.83. The molecule has 1 saturated carbocycles. The molecule has 1 heterocycles. The van der Waals surface area contributed by atoms with E-state index in [1.54, 1.807) is 6.07 Å². The molecule has 1 aromatic heterocycles. The summed E-state index contributed by atoms with van der Waals surface area (Å²) in [4.78, 5) is 20.6. The van der Waals surface area contributed by atoms with Crippen LogP contribution in [-0.4, -0.2) is 35.9 Å². The molecule has 3 aromatic rings. The molecule has 4 rings (SSSR count). The molecule has 5 heteroatoms. The smallest absolute Gasteiger partial charge is 0.252 e. The van der Waals surface area contributed by atoms with Gasteiger partial charge in [0.25, 0.3) is 5.91 Å². The highest BCUT2D eigenvalue weighted by molar-refractivity contribution is 6.09. The van der Waals surface area contributed by atoms with Crippen molar-refractivity contribution in [3.05, 3.63) is 65.5 Å². The first-order chi connectivity index (χ1) is 15.4. The molecular formula is C27H32FN3O. The fourth-order valence-corrected chi connectivity index (χ4v) is 4.87. The van der Waals surface area contributed by atoms with Gasteiger partial charge in [0.2, 0.25) is 0 Å². The number of aromatic nitrogens is 1. The number of rotatable bonds is 6. The van der Waals surface area contributed by atoms with E-state index in [0.717, 1.165) is 29.7 Å². The molecule has 1 fully saturated rings. The molecule has 32 heavy (non-hydrogen) atoms. The average molecular weight is 434 g/mol. The largest absolute Gasteiger partial charge is 0.349 e. The van der Waals surface area contributed by atoms with Crippen molar-refractivity contribution in [2.45, 2.75) is 51.6 Å². The van der Waals surface area contributed by atoms with Crippen molar-refractivity contribution in [2.24, 2.45) is 5.92 Å². The van der Waals surface area contributed by atoms with Crippen LogP contribution in [0.1, 0.15) is 54.9 Å². The lowest BCUT2D eigenvalue weighted by Crippen LogP contribution is -2.39. The van der Waals surface area contributed by atoms with Gasteiger partial charge < -0.3 is 10.2 Å². The van der Waals surface area contributed by atoms with Crippen LogP contribution < -0.4 is 5.32 Å². The number of amides is 1. The van der Waals surface area contributed by atoms with Crippen LogP contribution in [0.2, 0.25) is 0 Å². The maximum absolute atomic E-state index is 14.3. The minimum atomic E-state index is -0.364. The molecule has 4 nitrogen and oxygen atoms in total. The lowest BCUT2D eigenvalue weighted by atomic mass is 9.84. The number of hydrogen-bond acceptors (Lipinski definition) is 3. The number of benzene rings is 2. The Labute approximate surface area is 189 Å². The normalized spacial score (nSPS) is 15.8. The molecule has 0 bridgehead atoms. The molecule has 0 aliphatic heterocycles. The van der Waals surface area contributed by atoms with Crippen LogP contribution in [0.4, 0.5) is 4.39 Å². The number of nitrogens with zero attached hydrogens (tertiary/aromatic N) is 2. The van der Waals surface area contributed by atoms with E-state index in [9.17, 15) is 9.18 Å². The first-order valence-electron chi connectivity index (χ1n) is 11.6. The Morgan fingerprint density at radius 3 is 2.53 bits per heavy atom. The highest BCUT2D eigenvalue weighted by Gasteiger charge is 2.26. The third-order valence-electron chi connectivity index (χ3n) is 6.51. The van der Waals surface area contributed by atoms with E-state index in [2.05, 4.69) is 12.2 Å². The van der Waals surface area contributed by atoms with Gasteiger partial charge in [-0.25, -0.2) is 9.37 Å². The molecule has 1 amide bonds. The summed E-state index contributed by atoms with van der Waals surface area (Å²) in [5.74, 6) is -0.0181. The Morgan fingerprint density at radius 2 is 1.84 bits per heavy atom. The fourth-order valence-electron chi connectivity index (χ4n) is 4.87. The van der Waals surface area contributed by atoms with Crippen molar-refractivity contribution in [1.82, 2.24) is 15.2 Å². The molecule has 1 N–H and O–H groups in total. The summed E-state index contributed by atoms with van der Waals surface area (Å²) in [6.07, 6.45) is 6.01. The van der Waals surface area contributed by atoms with Gasteiger partial charge in [-0.15, -0.1) is 0 Å². The van der Waals surface area contributed by atoms with Crippen molar-refractivity contribution in [2.75, 3.05) is 14.1 Å². The summed E-state index contributed by atoms with van der Waals surface area (Å²) >= 11 is 0. The van der Waals surface area contributed by atoms with Crippen LogP contribution in [0.15, 0.2) is 48.5 Å². The quantitative estimate of drug-likeness (QED) is 0.534. The van der Waals surface area contributed by atoms with Gasteiger partial charge in [0.15, 0.2) is 0 Å². The van der Waals surface area contributed by atoms with E-state index in [1.807, 2.05) is 49.3 Å². The van der Waals surface area contributed by atoms with Crippen LogP contribution in [0.5, 0.6) is 0 Å². The maximum Gasteiger partial charge on any atom is 0.252 e. The van der Waals surface area contributed by atoms with E-state index in [0.29, 0.717) is 28.9 Å². The van der Waals surface area contributed by atoms with Crippen LogP contribution in [0.3, 0.4) is 0 Å². The zero-order valence-corrected chi connectivity index (χ0v) is 19.2. The minimum absolute atomic E-state index is 0.0759. The van der Waals surface area contributed by atoms with Crippen molar-refractivity contribution in [1.29, 1.82) is 0 Å². The fraction of sp³-hybridized carbons (Fsp3) is 0.407. The van der Waals surface area contributed by atoms with Crippen molar-refractivity contribution < 1.29 is 9.18 Å². The first-order valence-corrected chi connectivity index (χ1v) is 11.6. The first kappa shape index (κ1) is 22.4. The standard InChI is InChI=1S/C27H32FN3O/c1-18(19-10-6-4-7-11-19)29-27(32)25-22-16-21(28)14-15-24(22)30-26(23(25)17-31(2)3)20-12-8-5-9-13-20/h5,8-9,12-16,18-19H,4,6-7,10-11,17H2,1-3H3,(H,29,32)/t18-/m0/s1. The number of fused-ring (bicyclic) bond motifs is 1. The highest BCUT2D eigenvalue weighted by atomic mass is 19.1. The van der Waals surface area contributed by atoms with E-state index in [4.69, 9.17) is 4.98 Å². The second-order valence-corrected chi connectivity index (χ2v) is 9.24. The Kier molecular flexibility index (Phi) is 6.85. The molecule has 0 unspecified atom stereocenters. The number of pyridine rings is 1. The molecule has 0 radical (unpaired) electrons. The highest BCUT2D eigenvalue weighted by Crippen LogP contribution is 2.32. The summed E-state index contributed by atoms with van der Waals surface area (Å²) in [5.41, 5.74) is 3.71. The zero-order valence-electron chi connectivity index (χ0n) is 19.2.